The van der Waals surface area contributed by atoms with Gasteiger partial charge in [0.1, 0.15) is 0 Å². The third-order valence-corrected chi connectivity index (χ3v) is 7.99. The van der Waals surface area contributed by atoms with E-state index in [0.717, 1.165) is 0 Å². The second-order valence-electron chi connectivity index (χ2n) is 5.89. The summed E-state index contributed by atoms with van der Waals surface area (Å²) in [5, 5.41) is 29.4. The number of aliphatic hydroxyl groups is 2. The maximum Gasteiger partial charge on any atom is 0.310 e. The summed E-state index contributed by atoms with van der Waals surface area (Å²) in [6.45, 7) is 0. The second-order valence-corrected chi connectivity index (χ2v) is 7.20. The molecule has 80 valence electrons. The minimum absolute atomic E-state index is 0.0179. The zero-order chi connectivity index (χ0) is 10.5. The van der Waals surface area contributed by atoms with E-state index >= 15 is 0 Å². The van der Waals surface area contributed by atoms with Crippen LogP contribution in [0.1, 0.15) is 0 Å². The average molecular weight is 273 g/mol. The van der Waals surface area contributed by atoms with E-state index in [4.69, 9.17) is 0 Å². The van der Waals surface area contributed by atoms with Gasteiger partial charge in [0.05, 0.1) is 9.74 Å². The van der Waals surface area contributed by atoms with E-state index in [1.54, 1.807) is 0 Å². The number of carbonyl (C=O) groups is 1. The fraction of sp³-hybridized carbons (Fsp3) is 0.900. The van der Waals surface area contributed by atoms with E-state index in [1.807, 2.05) is 0 Å². The van der Waals surface area contributed by atoms with Crippen LogP contribution >= 0.6 is 15.9 Å². The summed E-state index contributed by atoms with van der Waals surface area (Å²) in [7, 11) is 0. The van der Waals surface area contributed by atoms with Crippen LogP contribution in [0.5, 0.6) is 0 Å². The molecule has 0 aromatic heterocycles. The molecule has 0 aliphatic heterocycles. The molecule has 5 heteroatoms. The molecule has 0 amide bonds. The SMILES string of the molecule is O=C(O)C12C3[C@@H]4[C@@H]1C1[C@H]2[C@H]3C4(Br)C1(O)O. The molecule has 0 radical (unpaired) electrons. The molecular formula is C10H9BrO4. The highest BCUT2D eigenvalue weighted by molar-refractivity contribution is 9.10. The summed E-state index contributed by atoms with van der Waals surface area (Å²) in [6.07, 6.45) is 0. The van der Waals surface area contributed by atoms with Gasteiger partial charge in [-0.1, -0.05) is 15.9 Å². The molecule has 8 atom stereocenters. The smallest absolute Gasteiger partial charge is 0.310 e. The largest absolute Gasteiger partial charge is 0.481 e. The van der Waals surface area contributed by atoms with Crippen molar-refractivity contribution in [2.24, 2.45) is 40.9 Å². The molecule has 6 saturated carbocycles. The van der Waals surface area contributed by atoms with Gasteiger partial charge in [0.2, 0.25) is 0 Å². The van der Waals surface area contributed by atoms with Crippen LogP contribution in [0.15, 0.2) is 0 Å². The Morgan fingerprint density at radius 2 is 1.47 bits per heavy atom. The van der Waals surface area contributed by atoms with Crippen molar-refractivity contribution in [2.75, 3.05) is 0 Å². The van der Waals surface area contributed by atoms with Crippen LogP contribution in [0, 0.1) is 40.9 Å². The summed E-state index contributed by atoms with van der Waals surface area (Å²) in [5.74, 6) is -1.90. The topological polar surface area (TPSA) is 77.8 Å². The predicted molar refractivity (Wildman–Crippen MR) is 49.8 cm³/mol. The van der Waals surface area contributed by atoms with Crippen molar-refractivity contribution in [1.29, 1.82) is 0 Å². The Hall–Kier alpha value is -0.130. The van der Waals surface area contributed by atoms with Crippen molar-refractivity contribution in [1.82, 2.24) is 0 Å². The Kier molecular flexibility index (Phi) is 0.814. The molecule has 3 N–H and O–H groups in total. The van der Waals surface area contributed by atoms with Gasteiger partial charge in [-0.15, -0.1) is 0 Å². The summed E-state index contributed by atoms with van der Waals surface area (Å²) >= 11 is 3.49. The van der Waals surface area contributed by atoms with Gasteiger partial charge in [-0.05, 0) is 29.6 Å². The summed E-state index contributed by atoms with van der Waals surface area (Å²) in [5.41, 5.74) is -0.551. The molecule has 6 rings (SSSR count). The minimum Gasteiger partial charge on any atom is -0.481 e. The van der Waals surface area contributed by atoms with Crippen LogP contribution in [0.4, 0.5) is 0 Å². The number of halogens is 1. The lowest BCUT2D eigenvalue weighted by molar-refractivity contribution is -0.421. The molecular weight excluding hydrogens is 264 g/mol. The molecule has 4 unspecified atom stereocenters. The molecule has 6 aliphatic rings. The molecule has 0 aromatic rings. The van der Waals surface area contributed by atoms with E-state index in [-0.39, 0.29) is 35.5 Å². The first-order valence-corrected chi connectivity index (χ1v) is 6.09. The fourth-order valence-corrected chi connectivity index (χ4v) is 7.66. The minimum atomic E-state index is -1.66. The Morgan fingerprint density at radius 3 is 1.87 bits per heavy atom. The molecule has 0 aromatic carbocycles. The molecule has 0 heterocycles. The van der Waals surface area contributed by atoms with E-state index in [1.165, 1.54) is 0 Å². The van der Waals surface area contributed by atoms with Gasteiger partial charge in [-0.3, -0.25) is 4.79 Å². The maximum absolute atomic E-state index is 11.3. The number of alkyl halides is 1. The van der Waals surface area contributed by atoms with Gasteiger partial charge < -0.3 is 15.3 Å². The summed E-state index contributed by atoms with van der Waals surface area (Å²) in [6, 6.07) is 0. The molecule has 2 bridgehead atoms. The number of aliphatic carboxylic acids is 1. The fourth-order valence-electron chi connectivity index (χ4n) is 6.26. The average Bonchev–Trinajstić information content (AvgIpc) is 2.25. The van der Waals surface area contributed by atoms with Crippen molar-refractivity contribution < 1.29 is 20.1 Å². The number of carboxylic acid groups (broad SMARTS) is 1. The van der Waals surface area contributed by atoms with Crippen molar-refractivity contribution in [3.63, 3.8) is 0 Å². The van der Waals surface area contributed by atoms with Crippen LogP contribution in [-0.2, 0) is 4.79 Å². The highest BCUT2D eigenvalue weighted by atomic mass is 79.9. The zero-order valence-electron chi connectivity index (χ0n) is 7.59. The number of hydrogen-bond acceptors (Lipinski definition) is 3. The molecule has 15 heavy (non-hydrogen) atoms. The second kappa shape index (κ2) is 1.52. The maximum atomic E-state index is 11.3. The Bertz CT molecular complexity index is 438. The number of hydrogen-bond donors (Lipinski definition) is 3. The van der Waals surface area contributed by atoms with Gasteiger partial charge in [0, 0.05) is 5.92 Å². The lowest BCUT2D eigenvalue weighted by atomic mass is 9.13. The Labute approximate surface area is 93.4 Å². The van der Waals surface area contributed by atoms with Gasteiger partial charge in [0.25, 0.3) is 0 Å². The van der Waals surface area contributed by atoms with Gasteiger partial charge in [-0.2, -0.15) is 0 Å². The number of rotatable bonds is 1. The van der Waals surface area contributed by atoms with Crippen LogP contribution in [-0.4, -0.2) is 31.4 Å². The quantitative estimate of drug-likeness (QED) is 0.450. The summed E-state index contributed by atoms with van der Waals surface area (Å²) < 4.78 is -0.568. The van der Waals surface area contributed by atoms with Gasteiger partial charge in [-0.25, -0.2) is 0 Å². The molecule has 6 fully saturated rings. The Balaban J connectivity index is 1.76. The zero-order valence-corrected chi connectivity index (χ0v) is 9.18. The van der Waals surface area contributed by atoms with Crippen LogP contribution in [0.2, 0.25) is 0 Å². The Morgan fingerprint density at radius 1 is 1.00 bits per heavy atom. The van der Waals surface area contributed by atoms with Gasteiger partial charge in [0.15, 0.2) is 5.79 Å². The van der Waals surface area contributed by atoms with Crippen molar-refractivity contribution in [3.05, 3.63) is 0 Å². The third kappa shape index (κ3) is 0.349. The van der Waals surface area contributed by atoms with Crippen molar-refractivity contribution >= 4 is 21.9 Å². The normalized spacial score (nSPS) is 77.3. The van der Waals surface area contributed by atoms with E-state index in [9.17, 15) is 20.1 Å². The van der Waals surface area contributed by atoms with Crippen LogP contribution < -0.4 is 0 Å². The monoisotopic (exact) mass is 272 g/mol. The molecule has 0 saturated heterocycles. The van der Waals surface area contributed by atoms with E-state index in [0.29, 0.717) is 0 Å². The molecule has 4 nitrogen and oxygen atoms in total. The first kappa shape index (κ1) is 8.03. The standard InChI is InChI=1S/C10H9BrO4/c11-9-4-1-5(9)3-6(10(9,14)15)2(4)8(1,3)7(12)13/h1-6,14-15H,(H,12,13)/t1?,2-,3-,4-,5+,6?,8?,9?/m1/s1. The third-order valence-electron chi connectivity index (χ3n) is 6.35. The first-order valence-electron chi connectivity index (χ1n) is 5.30. The highest BCUT2D eigenvalue weighted by Gasteiger charge is 3.09. The van der Waals surface area contributed by atoms with E-state index in [2.05, 4.69) is 15.9 Å². The van der Waals surface area contributed by atoms with Crippen molar-refractivity contribution in [3.8, 4) is 0 Å². The molecule has 0 spiro atoms. The summed E-state index contributed by atoms with van der Waals surface area (Å²) in [4.78, 5) is 11.3. The lowest BCUT2D eigenvalue weighted by Gasteiger charge is -2.89. The van der Waals surface area contributed by atoms with Gasteiger partial charge >= 0.3 is 5.97 Å². The van der Waals surface area contributed by atoms with Crippen LogP contribution in [0.25, 0.3) is 0 Å². The van der Waals surface area contributed by atoms with E-state index < -0.39 is 21.5 Å². The van der Waals surface area contributed by atoms with Crippen molar-refractivity contribution in [2.45, 2.75) is 10.1 Å². The number of carboxylic acids is 1. The predicted octanol–water partition coefficient (Wildman–Crippen LogP) is -0.363. The highest BCUT2D eigenvalue weighted by Crippen LogP contribution is 3.03. The first-order chi connectivity index (χ1) is 6.93. The lowest BCUT2D eigenvalue weighted by Crippen LogP contribution is -2.94. The molecule has 6 aliphatic carbocycles. The van der Waals surface area contributed by atoms with Crippen LogP contribution in [0.3, 0.4) is 0 Å².